The number of nitrogens with zero attached hydrogens (tertiary/aromatic N) is 1. The molecule has 0 amide bonds. The molecule has 0 spiro atoms. The minimum Gasteiger partial charge on any atom is -0.354 e. The van der Waals surface area contributed by atoms with Crippen molar-refractivity contribution in [2.45, 2.75) is 69.6 Å². The molecule has 1 aliphatic heterocycles. The summed E-state index contributed by atoms with van der Waals surface area (Å²) >= 11 is 0. The van der Waals surface area contributed by atoms with Crippen LogP contribution in [0.3, 0.4) is 0 Å². The van der Waals surface area contributed by atoms with E-state index in [9.17, 15) is 0 Å². The van der Waals surface area contributed by atoms with E-state index in [4.69, 9.17) is 4.99 Å². The fraction of sp³-hybridized carbons (Fsp3) is 0.293. The van der Waals surface area contributed by atoms with Gasteiger partial charge in [0.2, 0.25) is 0 Å². The average molecular weight is 576 g/mol. The van der Waals surface area contributed by atoms with Gasteiger partial charge in [-0.15, -0.1) is 0 Å². The topological polar surface area (TPSA) is 36.4 Å². The van der Waals surface area contributed by atoms with E-state index in [2.05, 4.69) is 126 Å². The highest BCUT2D eigenvalue weighted by atomic mass is 15.3. The Balaban J connectivity index is 1.24. The smallest absolute Gasteiger partial charge is 0.131 e. The van der Waals surface area contributed by atoms with Gasteiger partial charge >= 0.3 is 0 Å². The summed E-state index contributed by atoms with van der Waals surface area (Å²) in [5.74, 6) is 1.69. The van der Waals surface area contributed by atoms with Crippen molar-refractivity contribution in [3.63, 3.8) is 0 Å². The van der Waals surface area contributed by atoms with Crippen LogP contribution in [0.15, 0.2) is 137 Å². The van der Waals surface area contributed by atoms with Gasteiger partial charge in [0.25, 0.3) is 0 Å². The van der Waals surface area contributed by atoms with Crippen molar-refractivity contribution in [2.24, 2.45) is 10.9 Å². The van der Waals surface area contributed by atoms with Crippen molar-refractivity contribution in [2.75, 3.05) is 0 Å². The normalized spacial score (nSPS) is 27.6. The molecule has 0 saturated carbocycles. The second-order valence-electron chi connectivity index (χ2n) is 12.8. The van der Waals surface area contributed by atoms with Gasteiger partial charge in [-0.1, -0.05) is 109 Å². The molecule has 0 bridgehead atoms. The van der Waals surface area contributed by atoms with Crippen LogP contribution in [0.1, 0.15) is 67.6 Å². The average Bonchev–Trinajstić information content (AvgIpc) is 3.11. The molecule has 2 aromatic rings. The van der Waals surface area contributed by atoms with Crippen LogP contribution in [0.2, 0.25) is 0 Å². The monoisotopic (exact) mass is 575 g/mol. The summed E-state index contributed by atoms with van der Waals surface area (Å²) in [4.78, 5) is 5.39. The standard InChI is InChI=1S/C41H41N3/c1-4-14-28(15-5-1)34-25-24-33(27-37(34)38-35-22-12-10-20-31(35)26-32-21-11-13-23-36(32)38)41-43-39(29-16-6-2-7-17-29)42-40(44-41)30-18-8-3-9-19-30/h1-2,4,6-8,10-12,14,16,18-22,24-26,29,37,39,41,43H,3,5,9,13,15,17,23,27H2,(H,42,44). The first-order valence-corrected chi connectivity index (χ1v) is 16.6. The molecule has 2 N–H and O–H groups in total. The van der Waals surface area contributed by atoms with E-state index >= 15 is 0 Å². The van der Waals surface area contributed by atoms with E-state index in [1.807, 2.05) is 0 Å². The SMILES string of the molecule is C1=CCCC(C2=CC=C(C3N=C(C4=CCCC=C4)NC(C4C=CC=CC4)N3)CC2c2c3c(cc4ccccc24)C=CCC3)=C1. The number of benzene rings is 2. The number of allylic oxidation sites excluding steroid dienone is 13. The summed E-state index contributed by atoms with van der Waals surface area (Å²) < 4.78 is 0. The first-order chi connectivity index (χ1) is 21.8. The summed E-state index contributed by atoms with van der Waals surface area (Å²) in [5, 5.41) is 10.5. The molecule has 0 radical (unpaired) electrons. The largest absolute Gasteiger partial charge is 0.354 e. The Morgan fingerprint density at radius 2 is 1.75 bits per heavy atom. The fourth-order valence-electron chi connectivity index (χ4n) is 7.84. The molecule has 1 heterocycles. The molecule has 220 valence electrons. The Kier molecular flexibility index (Phi) is 7.49. The maximum absolute atomic E-state index is 5.39. The van der Waals surface area contributed by atoms with Crippen LogP contribution in [0.4, 0.5) is 0 Å². The van der Waals surface area contributed by atoms with Gasteiger partial charge in [0.05, 0.1) is 6.17 Å². The molecule has 3 nitrogen and oxygen atoms in total. The zero-order valence-corrected chi connectivity index (χ0v) is 25.4. The first kappa shape index (κ1) is 27.3. The van der Waals surface area contributed by atoms with Gasteiger partial charge in [-0.05, 0) is 102 Å². The summed E-state index contributed by atoms with van der Waals surface area (Å²) in [6.45, 7) is 0. The van der Waals surface area contributed by atoms with E-state index < -0.39 is 0 Å². The molecule has 2 aromatic carbocycles. The Bertz CT molecular complexity index is 1780. The number of fused-ring (bicyclic) bond motifs is 2. The third-order valence-electron chi connectivity index (χ3n) is 10.1. The van der Waals surface area contributed by atoms with E-state index in [1.165, 1.54) is 49.8 Å². The predicted octanol–water partition coefficient (Wildman–Crippen LogP) is 9.07. The van der Waals surface area contributed by atoms with Gasteiger partial charge in [0, 0.05) is 17.4 Å². The number of hydrogen-bond donors (Lipinski definition) is 2. The summed E-state index contributed by atoms with van der Waals surface area (Å²) in [5.41, 5.74) is 10.0. The van der Waals surface area contributed by atoms with Crippen molar-refractivity contribution < 1.29 is 0 Å². The molecule has 4 atom stereocenters. The second-order valence-corrected chi connectivity index (χ2v) is 12.8. The lowest BCUT2D eigenvalue weighted by Gasteiger charge is -2.39. The lowest BCUT2D eigenvalue weighted by Crippen LogP contribution is -2.58. The zero-order valence-electron chi connectivity index (χ0n) is 25.4. The number of amidine groups is 1. The molecule has 0 saturated heterocycles. The summed E-state index contributed by atoms with van der Waals surface area (Å²) in [6, 6.07) is 11.5. The van der Waals surface area contributed by atoms with Gasteiger partial charge < -0.3 is 5.32 Å². The second kappa shape index (κ2) is 12.1. The van der Waals surface area contributed by atoms with Gasteiger partial charge in [0.1, 0.15) is 12.0 Å². The maximum atomic E-state index is 5.39. The highest BCUT2D eigenvalue weighted by Gasteiger charge is 2.35. The van der Waals surface area contributed by atoms with Crippen LogP contribution in [0, 0.1) is 5.92 Å². The van der Waals surface area contributed by atoms with Crippen LogP contribution in [0.25, 0.3) is 16.8 Å². The molecule has 44 heavy (non-hydrogen) atoms. The van der Waals surface area contributed by atoms with Gasteiger partial charge in [-0.2, -0.15) is 0 Å². The molecular weight excluding hydrogens is 534 g/mol. The maximum Gasteiger partial charge on any atom is 0.131 e. The van der Waals surface area contributed by atoms with Gasteiger partial charge in [0.15, 0.2) is 0 Å². The number of hydrogen-bond acceptors (Lipinski definition) is 3. The lowest BCUT2D eigenvalue weighted by molar-refractivity contribution is 0.338. The van der Waals surface area contributed by atoms with E-state index in [0.29, 0.717) is 11.8 Å². The van der Waals surface area contributed by atoms with Crippen LogP contribution in [-0.4, -0.2) is 18.2 Å². The lowest BCUT2D eigenvalue weighted by atomic mass is 9.72. The third kappa shape index (κ3) is 5.24. The minimum absolute atomic E-state index is 0.0713. The number of aliphatic imine (C=N–C) groups is 1. The molecule has 8 rings (SSSR count). The molecule has 3 heteroatoms. The number of rotatable bonds is 5. The van der Waals surface area contributed by atoms with E-state index in [1.54, 1.807) is 0 Å². The van der Waals surface area contributed by atoms with Crippen molar-refractivity contribution in [1.29, 1.82) is 0 Å². The Morgan fingerprint density at radius 3 is 2.61 bits per heavy atom. The first-order valence-electron chi connectivity index (χ1n) is 16.6. The predicted molar refractivity (Wildman–Crippen MR) is 185 cm³/mol. The van der Waals surface area contributed by atoms with Crippen molar-refractivity contribution in [3.8, 4) is 0 Å². The van der Waals surface area contributed by atoms with E-state index in [-0.39, 0.29) is 12.3 Å². The van der Waals surface area contributed by atoms with Crippen molar-refractivity contribution in [1.82, 2.24) is 10.6 Å². The third-order valence-corrected chi connectivity index (χ3v) is 10.1. The highest BCUT2D eigenvalue weighted by Crippen LogP contribution is 2.46. The van der Waals surface area contributed by atoms with Crippen LogP contribution >= 0.6 is 0 Å². The summed E-state index contributed by atoms with van der Waals surface area (Å²) in [7, 11) is 0. The molecular formula is C41H41N3. The summed E-state index contributed by atoms with van der Waals surface area (Å²) in [6.07, 6.45) is 40.9. The van der Waals surface area contributed by atoms with Gasteiger partial charge in [-0.3, -0.25) is 5.32 Å². The van der Waals surface area contributed by atoms with Crippen LogP contribution in [-0.2, 0) is 6.42 Å². The highest BCUT2D eigenvalue weighted by molar-refractivity contribution is 6.01. The molecule has 4 unspecified atom stereocenters. The number of nitrogens with one attached hydrogen (secondary N) is 2. The van der Waals surface area contributed by atoms with Crippen LogP contribution in [0.5, 0.6) is 0 Å². The Morgan fingerprint density at radius 1 is 0.818 bits per heavy atom. The Hall–Kier alpha value is -4.21. The minimum atomic E-state index is -0.0713. The van der Waals surface area contributed by atoms with E-state index in [0.717, 1.165) is 57.2 Å². The van der Waals surface area contributed by atoms with Crippen molar-refractivity contribution >= 4 is 22.7 Å². The van der Waals surface area contributed by atoms with Gasteiger partial charge in [-0.25, -0.2) is 4.99 Å². The molecule has 6 aliphatic rings. The molecule has 0 aromatic heterocycles. The quantitative estimate of drug-likeness (QED) is 0.373. The molecule has 0 fully saturated rings. The van der Waals surface area contributed by atoms with Crippen LogP contribution < -0.4 is 10.6 Å². The fourth-order valence-corrected chi connectivity index (χ4v) is 7.84. The van der Waals surface area contributed by atoms with Crippen molar-refractivity contribution in [3.05, 3.63) is 148 Å². The zero-order chi connectivity index (χ0) is 29.3. The Labute approximate surface area is 261 Å². The molecule has 5 aliphatic carbocycles.